The fourth-order valence-electron chi connectivity index (χ4n) is 3.29. The molecule has 3 rings (SSSR count). The number of guanidine groups is 1. The molecule has 0 spiro atoms. The lowest BCUT2D eigenvalue weighted by atomic mass is 10.0. The molecule has 0 aliphatic carbocycles. The number of nitrogens with two attached hydrogens (primary N) is 1. The van der Waals surface area contributed by atoms with Crippen LogP contribution in [0.1, 0.15) is 32.3 Å². The number of nitrogens with one attached hydrogen (secondary N) is 1. The van der Waals surface area contributed by atoms with Crippen molar-refractivity contribution in [2.24, 2.45) is 10.7 Å². The number of pyridine rings is 1. The summed E-state index contributed by atoms with van der Waals surface area (Å²) in [6.07, 6.45) is 2.57. The highest BCUT2D eigenvalue weighted by Gasteiger charge is 2.14. The Labute approximate surface area is 170 Å². The summed E-state index contributed by atoms with van der Waals surface area (Å²) in [6.45, 7) is 6.23. The van der Waals surface area contributed by atoms with Crippen molar-refractivity contribution in [2.75, 3.05) is 0 Å². The molecule has 1 atom stereocenters. The number of aliphatic imine (C=N–C) groups is 1. The molecule has 3 N–H and O–H groups in total. The fraction of sp³-hybridized carbons (Fsp3) is 0.261. The number of para-hydroxylation sites is 1. The van der Waals surface area contributed by atoms with E-state index >= 15 is 0 Å². The minimum atomic E-state index is 0.0221. The number of rotatable bonds is 7. The summed E-state index contributed by atoms with van der Waals surface area (Å²) in [5.74, 6) is 0.728. The van der Waals surface area contributed by atoms with E-state index in [9.17, 15) is 4.79 Å². The van der Waals surface area contributed by atoms with Crippen LogP contribution in [-0.4, -0.2) is 23.5 Å². The minimum absolute atomic E-state index is 0.0221. The van der Waals surface area contributed by atoms with Gasteiger partial charge in [0.15, 0.2) is 5.96 Å². The number of hydrogen-bond acceptors (Lipinski definition) is 4. The molecule has 6 heteroatoms. The third kappa shape index (κ3) is 4.71. The lowest BCUT2D eigenvalue weighted by Crippen LogP contribution is -2.29. The zero-order valence-electron chi connectivity index (χ0n) is 17.0. The number of carbonyl (C=O) groups excluding carboxylic acids is 1. The number of hydrogen-bond donors (Lipinski definition) is 2. The van der Waals surface area contributed by atoms with Gasteiger partial charge in [0.05, 0.1) is 17.5 Å². The molecule has 1 amide bonds. The van der Waals surface area contributed by atoms with Gasteiger partial charge in [-0.25, -0.2) is 9.98 Å². The Morgan fingerprint density at radius 3 is 2.79 bits per heavy atom. The molecule has 6 nitrogen and oxygen atoms in total. The topological polar surface area (TPSA) is 89.6 Å². The van der Waals surface area contributed by atoms with E-state index in [-0.39, 0.29) is 12.1 Å². The lowest BCUT2D eigenvalue weighted by molar-refractivity contribution is -0.108. The summed E-state index contributed by atoms with van der Waals surface area (Å²) < 4.78 is 6.18. The van der Waals surface area contributed by atoms with Crippen LogP contribution in [0, 0.1) is 6.92 Å². The van der Waals surface area contributed by atoms with Crippen LogP contribution in [0.4, 0.5) is 5.69 Å². The number of aryl methyl sites for hydroxylation is 1. The Morgan fingerprint density at radius 1 is 1.28 bits per heavy atom. The van der Waals surface area contributed by atoms with Crippen molar-refractivity contribution in [1.29, 1.82) is 0 Å². The van der Waals surface area contributed by atoms with Crippen LogP contribution < -0.4 is 15.8 Å². The van der Waals surface area contributed by atoms with Crippen LogP contribution in [0.5, 0.6) is 5.75 Å². The van der Waals surface area contributed by atoms with Crippen molar-refractivity contribution in [1.82, 2.24) is 10.3 Å². The van der Waals surface area contributed by atoms with E-state index in [1.54, 1.807) is 0 Å². The lowest BCUT2D eigenvalue weighted by Gasteiger charge is -2.17. The molecule has 2 aromatic carbocycles. The van der Waals surface area contributed by atoms with Crippen LogP contribution in [0.25, 0.3) is 22.2 Å². The van der Waals surface area contributed by atoms with Crippen LogP contribution in [0.15, 0.2) is 53.5 Å². The molecule has 3 aromatic rings. The summed E-state index contributed by atoms with van der Waals surface area (Å²) in [4.78, 5) is 20.0. The van der Waals surface area contributed by atoms with Gasteiger partial charge >= 0.3 is 0 Å². The number of amides is 1. The maximum absolute atomic E-state index is 10.7. The molecule has 0 aliphatic heterocycles. The average Bonchev–Trinajstić information content (AvgIpc) is 2.69. The quantitative estimate of drug-likeness (QED) is 0.354. The van der Waals surface area contributed by atoms with Crippen molar-refractivity contribution >= 4 is 29.0 Å². The second-order valence-electron chi connectivity index (χ2n) is 6.97. The first-order chi connectivity index (χ1) is 14.0. The van der Waals surface area contributed by atoms with E-state index in [2.05, 4.69) is 24.2 Å². The SMILES string of the molecule is CCCC(C)Oc1cccc2c(N=C(N)NC=O)cc(-c3ccccc3C)nc12. The number of ether oxygens (including phenoxy) is 1. The van der Waals surface area contributed by atoms with Gasteiger partial charge in [-0.3, -0.25) is 10.1 Å². The van der Waals surface area contributed by atoms with Crippen molar-refractivity contribution in [3.63, 3.8) is 0 Å². The molecule has 0 saturated heterocycles. The van der Waals surface area contributed by atoms with Gasteiger partial charge in [0.2, 0.25) is 6.41 Å². The molecule has 0 fully saturated rings. The molecule has 1 aromatic heterocycles. The van der Waals surface area contributed by atoms with Gasteiger partial charge in [-0.15, -0.1) is 0 Å². The van der Waals surface area contributed by atoms with E-state index in [1.165, 1.54) is 0 Å². The van der Waals surface area contributed by atoms with Gasteiger partial charge in [-0.2, -0.15) is 0 Å². The van der Waals surface area contributed by atoms with Gasteiger partial charge in [0.25, 0.3) is 0 Å². The first-order valence-corrected chi connectivity index (χ1v) is 9.74. The zero-order valence-corrected chi connectivity index (χ0v) is 17.0. The molecule has 150 valence electrons. The normalized spacial score (nSPS) is 12.6. The van der Waals surface area contributed by atoms with E-state index in [1.807, 2.05) is 55.5 Å². The first-order valence-electron chi connectivity index (χ1n) is 9.74. The number of benzene rings is 2. The van der Waals surface area contributed by atoms with E-state index < -0.39 is 0 Å². The molecule has 1 heterocycles. The van der Waals surface area contributed by atoms with Crippen molar-refractivity contribution < 1.29 is 9.53 Å². The number of fused-ring (bicyclic) bond motifs is 1. The van der Waals surface area contributed by atoms with Crippen LogP contribution in [0.3, 0.4) is 0 Å². The van der Waals surface area contributed by atoms with Crippen molar-refractivity contribution in [3.05, 3.63) is 54.1 Å². The van der Waals surface area contributed by atoms with Crippen molar-refractivity contribution in [2.45, 2.75) is 39.7 Å². The molecule has 0 bridgehead atoms. The molecule has 0 radical (unpaired) electrons. The molecular formula is C23H26N4O2. The van der Waals surface area contributed by atoms with Gasteiger partial charge in [-0.1, -0.05) is 49.7 Å². The number of nitrogens with zero attached hydrogens (tertiary/aromatic N) is 2. The number of carbonyl (C=O) groups is 1. The fourth-order valence-corrected chi connectivity index (χ4v) is 3.29. The van der Waals surface area contributed by atoms with E-state index in [4.69, 9.17) is 15.5 Å². The van der Waals surface area contributed by atoms with Crippen LogP contribution >= 0.6 is 0 Å². The summed E-state index contributed by atoms with van der Waals surface area (Å²) in [6, 6.07) is 15.7. The van der Waals surface area contributed by atoms with Gasteiger partial charge in [0.1, 0.15) is 11.3 Å². The van der Waals surface area contributed by atoms with E-state index in [0.29, 0.717) is 23.4 Å². The molecule has 1 unspecified atom stereocenters. The maximum Gasteiger partial charge on any atom is 0.213 e. The molecule has 29 heavy (non-hydrogen) atoms. The Balaban J connectivity index is 2.23. The summed E-state index contributed by atoms with van der Waals surface area (Å²) >= 11 is 0. The average molecular weight is 390 g/mol. The highest BCUT2D eigenvalue weighted by molar-refractivity contribution is 5.99. The summed E-state index contributed by atoms with van der Waals surface area (Å²) in [5, 5.41) is 3.19. The molecule has 0 aliphatic rings. The predicted molar refractivity (Wildman–Crippen MR) is 117 cm³/mol. The third-order valence-electron chi connectivity index (χ3n) is 4.67. The van der Waals surface area contributed by atoms with Gasteiger partial charge in [0, 0.05) is 10.9 Å². The van der Waals surface area contributed by atoms with Gasteiger partial charge in [-0.05, 0) is 38.0 Å². The summed E-state index contributed by atoms with van der Waals surface area (Å²) in [5.41, 5.74) is 10.1. The molecule has 0 saturated carbocycles. The maximum atomic E-state index is 10.7. The Kier molecular flexibility index (Phi) is 6.44. The highest BCUT2D eigenvalue weighted by atomic mass is 16.5. The van der Waals surface area contributed by atoms with Crippen LogP contribution in [-0.2, 0) is 4.79 Å². The van der Waals surface area contributed by atoms with Gasteiger partial charge < -0.3 is 10.5 Å². The first kappa shape index (κ1) is 20.3. The predicted octanol–water partition coefficient (Wildman–Crippen LogP) is 4.47. The Morgan fingerprint density at radius 2 is 2.07 bits per heavy atom. The summed E-state index contributed by atoms with van der Waals surface area (Å²) in [7, 11) is 0. The van der Waals surface area contributed by atoms with Crippen LogP contribution in [0.2, 0.25) is 0 Å². The van der Waals surface area contributed by atoms with E-state index in [0.717, 1.165) is 35.0 Å². The minimum Gasteiger partial charge on any atom is -0.488 e. The third-order valence-corrected chi connectivity index (χ3v) is 4.67. The highest BCUT2D eigenvalue weighted by Crippen LogP contribution is 2.36. The monoisotopic (exact) mass is 390 g/mol. The second kappa shape index (κ2) is 9.19. The number of aromatic nitrogens is 1. The second-order valence-corrected chi connectivity index (χ2v) is 6.97. The standard InChI is InChI=1S/C23H26N4O2/c1-4-8-16(3)29-21-12-7-11-18-20(27-23(24)25-14-28)13-19(26-22(18)21)17-10-6-5-9-15(17)2/h5-7,9-14,16H,4,8H2,1-3H3,(H3,24,25,26,27,28). The zero-order chi connectivity index (χ0) is 20.8. The Bertz CT molecular complexity index is 1050. The van der Waals surface area contributed by atoms with Crippen molar-refractivity contribution in [3.8, 4) is 17.0 Å². The molecular weight excluding hydrogens is 364 g/mol. The Hall–Kier alpha value is -3.41. The largest absolute Gasteiger partial charge is 0.488 e. The smallest absolute Gasteiger partial charge is 0.213 e.